The van der Waals surface area contributed by atoms with Crippen molar-refractivity contribution in [3.05, 3.63) is 57.9 Å². The van der Waals surface area contributed by atoms with Crippen molar-refractivity contribution in [3.8, 4) is 5.75 Å². The molecule has 0 saturated carbocycles. The van der Waals surface area contributed by atoms with Crippen molar-refractivity contribution in [1.82, 2.24) is 10.4 Å². The summed E-state index contributed by atoms with van der Waals surface area (Å²) in [6.07, 6.45) is 2.51. The van der Waals surface area contributed by atoms with Crippen molar-refractivity contribution in [2.75, 3.05) is 7.11 Å². The fraction of sp³-hybridized carbons (Fsp3) is 0.312. The van der Waals surface area contributed by atoms with Crippen LogP contribution >= 0.6 is 11.6 Å². The number of aromatic nitrogens is 1. The average Bonchev–Trinajstić information content (AvgIpc) is 2.48. The summed E-state index contributed by atoms with van der Waals surface area (Å²) in [6, 6.07) is 7.62. The molecule has 0 aliphatic carbocycles. The fourth-order valence-corrected chi connectivity index (χ4v) is 2.56. The highest BCUT2D eigenvalue weighted by Crippen LogP contribution is 2.27. The largest absolute Gasteiger partial charge is 0.496 e. The Kier molecular flexibility index (Phi) is 5.17. The molecule has 1 unspecified atom stereocenters. The van der Waals surface area contributed by atoms with Crippen LogP contribution < -0.4 is 16.0 Å². The molecule has 5 heteroatoms. The Morgan fingerprint density at radius 3 is 2.52 bits per heavy atom. The third kappa shape index (κ3) is 3.53. The van der Waals surface area contributed by atoms with Gasteiger partial charge in [-0.2, -0.15) is 0 Å². The molecule has 0 aliphatic rings. The standard InChI is InChI=1S/C16H20ClN3O/c1-10-9-19-14(11(2)16(10)21-3)8-15(20-18)12-4-6-13(17)7-5-12/h4-7,9,15,20H,8,18H2,1-3H3. The van der Waals surface area contributed by atoms with Crippen molar-refractivity contribution in [2.45, 2.75) is 26.3 Å². The molecule has 0 spiro atoms. The quantitative estimate of drug-likeness (QED) is 0.658. The van der Waals surface area contributed by atoms with E-state index in [-0.39, 0.29) is 6.04 Å². The molecule has 0 fully saturated rings. The summed E-state index contributed by atoms with van der Waals surface area (Å²) in [4.78, 5) is 4.52. The van der Waals surface area contributed by atoms with Gasteiger partial charge in [0.1, 0.15) is 5.75 Å². The van der Waals surface area contributed by atoms with E-state index < -0.39 is 0 Å². The molecule has 0 radical (unpaired) electrons. The van der Waals surface area contributed by atoms with Gasteiger partial charge in [-0.25, -0.2) is 0 Å². The van der Waals surface area contributed by atoms with Gasteiger partial charge in [0.2, 0.25) is 0 Å². The van der Waals surface area contributed by atoms with Crippen LogP contribution in [0.2, 0.25) is 5.02 Å². The number of methoxy groups -OCH3 is 1. The number of rotatable bonds is 5. The van der Waals surface area contributed by atoms with Crippen molar-refractivity contribution >= 4 is 11.6 Å². The molecular formula is C16H20ClN3O. The van der Waals surface area contributed by atoms with Crippen LogP contribution in [0, 0.1) is 13.8 Å². The topological polar surface area (TPSA) is 60.2 Å². The highest BCUT2D eigenvalue weighted by atomic mass is 35.5. The first-order valence-corrected chi connectivity index (χ1v) is 7.15. The lowest BCUT2D eigenvalue weighted by atomic mass is 9.99. The van der Waals surface area contributed by atoms with E-state index in [4.69, 9.17) is 22.2 Å². The Balaban J connectivity index is 2.29. The molecular weight excluding hydrogens is 286 g/mol. The average molecular weight is 306 g/mol. The van der Waals surface area contributed by atoms with Crippen LogP contribution in [0.15, 0.2) is 30.5 Å². The number of ether oxygens (including phenoxy) is 1. The van der Waals surface area contributed by atoms with Gasteiger partial charge in [0.25, 0.3) is 0 Å². The van der Waals surface area contributed by atoms with Crippen molar-refractivity contribution in [2.24, 2.45) is 5.84 Å². The minimum absolute atomic E-state index is 0.0270. The Hall–Kier alpha value is -1.62. The third-order valence-electron chi connectivity index (χ3n) is 3.62. The van der Waals surface area contributed by atoms with Crippen molar-refractivity contribution in [3.63, 3.8) is 0 Å². The number of pyridine rings is 1. The third-order valence-corrected chi connectivity index (χ3v) is 3.87. The first-order valence-electron chi connectivity index (χ1n) is 6.77. The Morgan fingerprint density at radius 2 is 1.95 bits per heavy atom. The smallest absolute Gasteiger partial charge is 0.128 e. The number of nitrogens with zero attached hydrogens (tertiary/aromatic N) is 1. The Bertz CT molecular complexity index is 614. The lowest BCUT2D eigenvalue weighted by Gasteiger charge is -2.19. The number of nitrogens with one attached hydrogen (secondary N) is 1. The van der Waals surface area contributed by atoms with Gasteiger partial charge in [-0.15, -0.1) is 0 Å². The van der Waals surface area contributed by atoms with Gasteiger partial charge in [0, 0.05) is 34.5 Å². The predicted octanol–water partition coefficient (Wildman–Crippen LogP) is 3.11. The fourth-order valence-electron chi connectivity index (χ4n) is 2.44. The van der Waals surface area contributed by atoms with Crippen LogP contribution in [-0.2, 0) is 6.42 Å². The number of hydrogen-bond acceptors (Lipinski definition) is 4. The maximum Gasteiger partial charge on any atom is 0.128 e. The zero-order chi connectivity index (χ0) is 15.4. The summed E-state index contributed by atoms with van der Waals surface area (Å²) < 4.78 is 5.44. The second-order valence-corrected chi connectivity index (χ2v) is 5.46. The molecule has 21 heavy (non-hydrogen) atoms. The molecule has 1 atom stereocenters. The van der Waals surface area contributed by atoms with Crippen LogP contribution in [-0.4, -0.2) is 12.1 Å². The van der Waals surface area contributed by atoms with E-state index in [9.17, 15) is 0 Å². The Morgan fingerprint density at radius 1 is 1.29 bits per heavy atom. The van der Waals surface area contributed by atoms with Gasteiger partial charge in [0.15, 0.2) is 0 Å². The van der Waals surface area contributed by atoms with Crippen LogP contribution in [0.1, 0.15) is 28.4 Å². The normalized spacial score (nSPS) is 12.2. The van der Waals surface area contributed by atoms with Gasteiger partial charge < -0.3 is 4.74 Å². The maximum atomic E-state index is 5.92. The van der Waals surface area contributed by atoms with Crippen LogP contribution in [0.3, 0.4) is 0 Å². The van der Waals surface area contributed by atoms with Crippen LogP contribution in [0.25, 0.3) is 0 Å². The van der Waals surface area contributed by atoms with Crippen molar-refractivity contribution < 1.29 is 4.74 Å². The summed E-state index contributed by atoms with van der Waals surface area (Å²) in [5, 5.41) is 0.709. The van der Waals surface area contributed by atoms with E-state index in [1.807, 2.05) is 44.3 Å². The number of benzene rings is 1. The first-order chi connectivity index (χ1) is 10.1. The van der Waals surface area contributed by atoms with Crippen LogP contribution in [0.4, 0.5) is 0 Å². The molecule has 3 N–H and O–H groups in total. The number of nitrogens with two attached hydrogens (primary N) is 1. The lowest BCUT2D eigenvalue weighted by molar-refractivity contribution is 0.406. The summed E-state index contributed by atoms with van der Waals surface area (Å²) in [6.45, 7) is 4.00. The molecule has 0 saturated heterocycles. The van der Waals surface area contributed by atoms with Gasteiger partial charge in [-0.05, 0) is 31.5 Å². The monoisotopic (exact) mass is 305 g/mol. The van der Waals surface area contributed by atoms with Crippen molar-refractivity contribution in [1.29, 1.82) is 0 Å². The maximum absolute atomic E-state index is 5.92. The van der Waals surface area contributed by atoms with E-state index >= 15 is 0 Å². The summed E-state index contributed by atoms with van der Waals surface area (Å²) in [5.41, 5.74) is 6.96. The zero-order valence-corrected chi connectivity index (χ0v) is 13.2. The molecule has 0 amide bonds. The molecule has 4 nitrogen and oxygen atoms in total. The minimum Gasteiger partial charge on any atom is -0.496 e. The first kappa shape index (κ1) is 15.8. The van der Waals surface area contributed by atoms with E-state index in [1.165, 1.54) is 0 Å². The highest BCUT2D eigenvalue weighted by molar-refractivity contribution is 6.30. The van der Waals surface area contributed by atoms with E-state index in [0.29, 0.717) is 11.4 Å². The summed E-state index contributed by atoms with van der Waals surface area (Å²) in [7, 11) is 1.68. The van der Waals surface area contributed by atoms with Crippen LogP contribution in [0.5, 0.6) is 5.75 Å². The minimum atomic E-state index is -0.0270. The molecule has 0 aliphatic heterocycles. The second-order valence-electron chi connectivity index (χ2n) is 5.02. The molecule has 1 heterocycles. The second kappa shape index (κ2) is 6.89. The number of hydrazine groups is 1. The van der Waals surface area contributed by atoms with E-state index in [2.05, 4.69) is 10.4 Å². The molecule has 1 aromatic carbocycles. The molecule has 2 rings (SSSR count). The predicted molar refractivity (Wildman–Crippen MR) is 85.5 cm³/mol. The summed E-state index contributed by atoms with van der Waals surface area (Å²) >= 11 is 5.92. The Labute approximate surface area is 130 Å². The van der Waals surface area contributed by atoms with Gasteiger partial charge in [-0.1, -0.05) is 23.7 Å². The van der Waals surface area contributed by atoms with Gasteiger partial charge >= 0.3 is 0 Å². The molecule has 1 aromatic heterocycles. The lowest BCUT2D eigenvalue weighted by Crippen LogP contribution is -2.30. The molecule has 2 aromatic rings. The van der Waals surface area contributed by atoms with E-state index in [0.717, 1.165) is 28.1 Å². The molecule has 112 valence electrons. The molecule has 0 bridgehead atoms. The number of hydrogen-bond donors (Lipinski definition) is 2. The van der Waals surface area contributed by atoms with Gasteiger partial charge in [0.05, 0.1) is 13.2 Å². The van der Waals surface area contributed by atoms with E-state index in [1.54, 1.807) is 7.11 Å². The van der Waals surface area contributed by atoms with Gasteiger partial charge in [-0.3, -0.25) is 16.3 Å². The zero-order valence-electron chi connectivity index (χ0n) is 12.5. The number of aryl methyl sites for hydroxylation is 1. The SMILES string of the molecule is COc1c(C)cnc(CC(NN)c2ccc(Cl)cc2)c1C. The number of halogens is 1. The highest BCUT2D eigenvalue weighted by Gasteiger charge is 2.16. The summed E-state index contributed by atoms with van der Waals surface area (Å²) in [5.74, 6) is 6.58.